The van der Waals surface area contributed by atoms with E-state index < -0.39 is 0 Å². The van der Waals surface area contributed by atoms with E-state index in [1.807, 2.05) is 53.7 Å². The van der Waals surface area contributed by atoms with Crippen molar-refractivity contribution in [1.29, 1.82) is 0 Å². The third-order valence-electron chi connectivity index (χ3n) is 3.03. The van der Waals surface area contributed by atoms with Gasteiger partial charge >= 0.3 is 0 Å². The van der Waals surface area contributed by atoms with Gasteiger partial charge in [-0.2, -0.15) is 11.8 Å². The Kier molecular flexibility index (Phi) is 5.62. The van der Waals surface area contributed by atoms with E-state index in [0.29, 0.717) is 0 Å². The van der Waals surface area contributed by atoms with E-state index in [0.717, 1.165) is 23.6 Å². The Morgan fingerprint density at radius 2 is 2.29 bits per heavy atom. The summed E-state index contributed by atoms with van der Waals surface area (Å²) >= 11 is 1.92. The summed E-state index contributed by atoms with van der Waals surface area (Å²) in [6, 6.07) is 4.06. The summed E-state index contributed by atoms with van der Waals surface area (Å²) in [4.78, 5) is 14.0. The number of carbonyl (C=O) groups is 1. The van der Waals surface area contributed by atoms with Crippen LogP contribution in [0.3, 0.4) is 0 Å². The summed E-state index contributed by atoms with van der Waals surface area (Å²) in [6.45, 7) is 4.27. The first kappa shape index (κ1) is 14.2. The van der Waals surface area contributed by atoms with Crippen molar-refractivity contribution in [2.24, 2.45) is 7.05 Å². The number of nitrogens with zero attached hydrogens (tertiary/aromatic N) is 2. The topological polar surface area (TPSA) is 25.2 Å². The van der Waals surface area contributed by atoms with Crippen LogP contribution in [0.1, 0.15) is 30.8 Å². The van der Waals surface area contributed by atoms with Gasteiger partial charge in [0.05, 0.1) is 0 Å². The van der Waals surface area contributed by atoms with Crippen molar-refractivity contribution in [3.05, 3.63) is 24.0 Å². The van der Waals surface area contributed by atoms with Crippen molar-refractivity contribution in [1.82, 2.24) is 9.47 Å². The van der Waals surface area contributed by atoms with Crippen molar-refractivity contribution in [2.45, 2.75) is 26.3 Å². The van der Waals surface area contributed by atoms with Crippen LogP contribution in [0.15, 0.2) is 18.3 Å². The van der Waals surface area contributed by atoms with Crippen LogP contribution in [0.5, 0.6) is 0 Å². The number of aryl methyl sites for hydroxylation is 1. The number of rotatable bonds is 6. The molecule has 0 aromatic carbocycles. The first-order valence-corrected chi connectivity index (χ1v) is 7.19. The van der Waals surface area contributed by atoms with Gasteiger partial charge < -0.3 is 9.47 Å². The molecule has 0 bridgehead atoms. The predicted molar refractivity (Wildman–Crippen MR) is 74.6 cm³/mol. The summed E-state index contributed by atoms with van der Waals surface area (Å²) in [5, 5.41) is 0. The molecule has 0 N–H and O–H groups in total. The Bertz CT molecular complexity index is 362. The molecular formula is C13H22N2OS. The molecule has 1 rings (SSSR count). The number of hydrogen-bond acceptors (Lipinski definition) is 2. The van der Waals surface area contributed by atoms with Crippen molar-refractivity contribution < 1.29 is 4.79 Å². The molecule has 0 saturated heterocycles. The molecule has 4 heteroatoms. The summed E-state index contributed by atoms with van der Waals surface area (Å²) < 4.78 is 1.87. The molecule has 1 atom stereocenters. The summed E-state index contributed by atoms with van der Waals surface area (Å²) in [5.74, 6) is 2.36. The lowest BCUT2D eigenvalue weighted by Crippen LogP contribution is -2.36. The minimum atomic E-state index is 0.103. The van der Waals surface area contributed by atoms with E-state index in [1.165, 1.54) is 0 Å². The maximum absolute atomic E-state index is 12.2. The Morgan fingerprint density at radius 3 is 2.82 bits per heavy atom. The molecule has 0 fully saturated rings. The molecule has 0 aliphatic carbocycles. The Morgan fingerprint density at radius 1 is 1.59 bits per heavy atom. The first-order chi connectivity index (χ1) is 8.07. The minimum Gasteiger partial charge on any atom is -0.347 e. The van der Waals surface area contributed by atoms with Gasteiger partial charge in [0.1, 0.15) is 5.69 Å². The van der Waals surface area contributed by atoms with Crippen LogP contribution < -0.4 is 0 Å². The van der Waals surface area contributed by atoms with Gasteiger partial charge in [0, 0.05) is 26.3 Å². The number of carbonyl (C=O) groups excluding carboxylic acids is 1. The molecule has 0 unspecified atom stereocenters. The second-order valence-electron chi connectivity index (χ2n) is 4.26. The van der Waals surface area contributed by atoms with Crippen molar-refractivity contribution >= 4 is 17.7 Å². The molecule has 17 heavy (non-hydrogen) atoms. The fraction of sp³-hybridized carbons (Fsp3) is 0.615. The molecule has 0 aliphatic rings. The number of aromatic nitrogens is 1. The zero-order chi connectivity index (χ0) is 12.8. The highest BCUT2D eigenvalue weighted by Crippen LogP contribution is 2.11. The molecule has 96 valence electrons. The molecule has 1 heterocycles. The van der Waals surface area contributed by atoms with Crippen LogP contribution in [0.4, 0.5) is 0 Å². The first-order valence-electron chi connectivity index (χ1n) is 6.04. The van der Waals surface area contributed by atoms with Crippen LogP contribution in [0, 0.1) is 0 Å². The highest BCUT2D eigenvalue weighted by Gasteiger charge is 2.18. The fourth-order valence-electron chi connectivity index (χ4n) is 1.66. The van der Waals surface area contributed by atoms with Gasteiger partial charge in [-0.3, -0.25) is 4.79 Å². The highest BCUT2D eigenvalue weighted by atomic mass is 32.2. The van der Waals surface area contributed by atoms with Crippen molar-refractivity contribution in [3.63, 3.8) is 0 Å². The molecule has 0 spiro atoms. The third-order valence-corrected chi connectivity index (χ3v) is 3.96. The lowest BCUT2D eigenvalue weighted by Gasteiger charge is -2.25. The standard InChI is InChI=1S/C13H22N2OS/c1-5-17-10-8-11(2)15(4)13(16)12-7-6-9-14(12)3/h6-7,9,11H,5,8,10H2,1-4H3/t11-/m0/s1. The Balaban J connectivity index is 2.54. The molecular weight excluding hydrogens is 232 g/mol. The monoisotopic (exact) mass is 254 g/mol. The second-order valence-corrected chi connectivity index (χ2v) is 5.65. The normalized spacial score (nSPS) is 12.5. The smallest absolute Gasteiger partial charge is 0.270 e. The Hall–Kier alpha value is -0.900. The van der Waals surface area contributed by atoms with Crippen LogP contribution in [0.25, 0.3) is 0 Å². The predicted octanol–water partition coefficient (Wildman–Crippen LogP) is 2.63. The van der Waals surface area contributed by atoms with E-state index in [2.05, 4.69) is 13.8 Å². The van der Waals surface area contributed by atoms with E-state index >= 15 is 0 Å². The van der Waals surface area contributed by atoms with Crippen molar-refractivity contribution in [3.8, 4) is 0 Å². The van der Waals surface area contributed by atoms with Crippen LogP contribution in [-0.4, -0.2) is 40.0 Å². The van der Waals surface area contributed by atoms with E-state index in [4.69, 9.17) is 0 Å². The quantitative estimate of drug-likeness (QED) is 0.729. The zero-order valence-corrected chi connectivity index (χ0v) is 12.0. The molecule has 0 radical (unpaired) electrons. The van der Waals surface area contributed by atoms with Gasteiger partial charge in [0.15, 0.2) is 0 Å². The van der Waals surface area contributed by atoms with Crippen molar-refractivity contribution in [2.75, 3.05) is 18.6 Å². The third kappa shape index (κ3) is 3.80. The van der Waals surface area contributed by atoms with Crippen LogP contribution in [0.2, 0.25) is 0 Å². The van der Waals surface area contributed by atoms with E-state index in [9.17, 15) is 4.79 Å². The minimum absolute atomic E-state index is 0.103. The molecule has 1 aromatic rings. The molecule has 0 aliphatic heterocycles. The zero-order valence-electron chi connectivity index (χ0n) is 11.1. The van der Waals surface area contributed by atoms with Gasteiger partial charge in [-0.05, 0) is 37.0 Å². The average Bonchev–Trinajstić information content (AvgIpc) is 2.73. The van der Waals surface area contributed by atoms with E-state index in [1.54, 1.807) is 0 Å². The average molecular weight is 254 g/mol. The molecule has 0 saturated carbocycles. The molecule has 1 amide bonds. The van der Waals surface area contributed by atoms with Gasteiger partial charge in [0.25, 0.3) is 5.91 Å². The maximum Gasteiger partial charge on any atom is 0.270 e. The number of thioether (sulfide) groups is 1. The lowest BCUT2D eigenvalue weighted by atomic mass is 10.2. The number of amides is 1. The SMILES string of the molecule is CCSCC[C@H](C)N(C)C(=O)c1cccn1C. The molecule has 3 nitrogen and oxygen atoms in total. The van der Waals surface area contributed by atoms with Gasteiger partial charge in [-0.1, -0.05) is 6.92 Å². The van der Waals surface area contributed by atoms with E-state index in [-0.39, 0.29) is 11.9 Å². The summed E-state index contributed by atoms with van der Waals surface area (Å²) in [7, 11) is 3.79. The lowest BCUT2D eigenvalue weighted by molar-refractivity contribution is 0.0732. The largest absolute Gasteiger partial charge is 0.347 e. The van der Waals surface area contributed by atoms with Gasteiger partial charge in [-0.15, -0.1) is 0 Å². The fourth-order valence-corrected chi connectivity index (χ4v) is 2.45. The van der Waals surface area contributed by atoms with Crippen LogP contribution >= 0.6 is 11.8 Å². The summed E-state index contributed by atoms with van der Waals surface area (Å²) in [5.41, 5.74) is 0.752. The Labute approximate surface area is 108 Å². The number of hydrogen-bond donors (Lipinski definition) is 0. The van der Waals surface area contributed by atoms with Crippen LogP contribution in [-0.2, 0) is 7.05 Å². The molecule has 1 aromatic heterocycles. The van der Waals surface area contributed by atoms with Gasteiger partial charge in [0.2, 0.25) is 0 Å². The summed E-state index contributed by atoms with van der Waals surface area (Å²) in [6.07, 6.45) is 2.95. The highest BCUT2D eigenvalue weighted by molar-refractivity contribution is 7.99. The van der Waals surface area contributed by atoms with Gasteiger partial charge in [-0.25, -0.2) is 0 Å². The maximum atomic E-state index is 12.2. The second kappa shape index (κ2) is 6.74.